The SMILES string of the molecule is CCOc1ccc(NC(=O)c2cccc(OCc3cn4ccccc4n3)c2)cc1. The number of benzene rings is 2. The Hall–Kier alpha value is -3.80. The van der Waals surface area contributed by atoms with Crippen LogP contribution in [0.4, 0.5) is 5.69 Å². The van der Waals surface area contributed by atoms with Gasteiger partial charge in [0.15, 0.2) is 0 Å². The minimum absolute atomic E-state index is 0.202. The summed E-state index contributed by atoms with van der Waals surface area (Å²) in [5.41, 5.74) is 2.91. The van der Waals surface area contributed by atoms with Crippen molar-refractivity contribution in [2.45, 2.75) is 13.5 Å². The third-order valence-corrected chi connectivity index (χ3v) is 4.32. The zero-order chi connectivity index (χ0) is 20.1. The van der Waals surface area contributed by atoms with E-state index < -0.39 is 0 Å². The van der Waals surface area contributed by atoms with Crippen LogP contribution in [0.15, 0.2) is 79.1 Å². The van der Waals surface area contributed by atoms with Gasteiger partial charge in [-0.3, -0.25) is 4.79 Å². The van der Waals surface area contributed by atoms with Gasteiger partial charge in [0.05, 0.1) is 12.3 Å². The second kappa shape index (κ2) is 8.48. The van der Waals surface area contributed by atoms with Crippen LogP contribution in [0.2, 0.25) is 0 Å². The molecule has 0 aliphatic heterocycles. The van der Waals surface area contributed by atoms with Gasteiger partial charge in [-0.2, -0.15) is 0 Å². The van der Waals surface area contributed by atoms with Crippen molar-refractivity contribution in [1.29, 1.82) is 0 Å². The molecule has 1 amide bonds. The van der Waals surface area contributed by atoms with Gasteiger partial charge in [-0.25, -0.2) is 4.98 Å². The van der Waals surface area contributed by atoms with Crippen molar-refractivity contribution < 1.29 is 14.3 Å². The molecule has 0 fully saturated rings. The first-order valence-corrected chi connectivity index (χ1v) is 9.41. The molecular weight excluding hydrogens is 366 g/mol. The number of carbonyl (C=O) groups is 1. The normalized spacial score (nSPS) is 10.7. The molecule has 6 nitrogen and oxygen atoms in total. The van der Waals surface area contributed by atoms with E-state index in [2.05, 4.69) is 10.3 Å². The summed E-state index contributed by atoms with van der Waals surface area (Å²) in [4.78, 5) is 17.1. The Balaban J connectivity index is 1.40. The van der Waals surface area contributed by atoms with E-state index >= 15 is 0 Å². The van der Waals surface area contributed by atoms with Gasteiger partial charge in [0.25, 0.3) is 5.91 Å². The lowest BCUT2D eigenvalue weighted by molar-refractivity contribution is 0.102. The Kier molecular flexibility index (Phi) is 5.42. The molecule has 4 rings (SSSR count). The molecule has 2 aromatic carbocycles. The van der Waals surface area contributed by atoms with Crippen LogP contribution in [-0.2, 0) is 6.61 Å². The largest absolute Gasteiger partial charge is 0.494 e. The predicted molar refractivity (Wildman–Crippen MR) is 112 cm³/mol. The highest BCUT2D eigenvalue weighted by atomic mass is 16.5. The van der Waals surface area contributed by atoms with Crippen LogP contribution in [0.3, 0.4) is 0 Å². The van der Waals surface area contributed by atoms with Gasteiger partial charge >= 0.3 is 0 Å². The summed E-state index contributed by atoms with van der Waals surface area (Å²) in [5.74, 6) is 1.18. The van der Waals surface area contributed by atoms with Crippen molar-refractivity contribution in [1.82, 2.24) is 9.38 Å². The lowest BCUT2D eigenvalue weighted by Crippen LogP contribution is -2.12. The molecular formula is C23H21N3O3. The first-order chi connectivity index (χ1) is 14.2. The Bertz CT molecular complexity index is 1090. The number of fused-ring (bicyclic) bond motifs is 1. The Morgan fingerprint density at radius 2 is 1.86 bits per heavy atom. The maximum Gasteiger partial charge on any atom is 0.255 e. The van der Waals surface area contributed by atoms with E-state index in [9.17, 15) is 4.79 Å². The van der Waals surface area contributed by atoms with Crippen LogP contribution in [-0.4, -0.2) is 21.9 Å². The zero-order valence-electron chi connectivity index (χ0n) is 16.0. The second-order valence-electron chi connectivity index (χ2n) is 6.43. The first-order valence-electron chi connectivity index (χ1n) is 9.41. The van der Waals surface area contributed by atoms with Crippen molar-refractivity contribution in [2.24, 2.45) is 0 Å². The lowest BCUT2D eigenvalue weighted by atomic mass is 10.2. The molecule has 6 heteroatoms. The minimum atomic E-state index is -0.202. The van der Waals surface area contributed by atoms with Crippen LogP contribution >= 0.6 is 0 Å². The highest BCUT2D eigenvalue weighted by Crippen LogP contribution is 2.19. The molecule has 2 aromatic heterocycles. The third kappa shape index (κ3) is 4.55. The predicted octanol–water partition coefficient (Wildman–Crippen LogP) is 4.56. The molecule has 2 heterocycles. The van der Waals surface area contributed by atoms with Crippen molar-refractivity contribution >= 4 is 17.2 Å². The smallest absolute Gasteiger partial charge is 0.255 e. The van der Waals surface area contributed by atoms with E-state index in [-0.39, 0.29) is 5.91 Å². The number of nitrogens with one attached hydrogen (secondary N) is 1. The van der Waals surface area contributed by atoms with Gasteiger partial charge in [0.2, 0.25) is 0 Å². The Labute approximate surface area is 168 Å². The summed E-state index contributed by atoms with van der Waals surface area (Å²) < 4.78 is 13.2. The summed E-state index contributed by atoms with van der Waals surface area (Å²) in [6.45, 7) is 2.86. The fraction of sp³-hybridized carbons (Fsp3) is 0.130. The van der Waals surface area contributed by atoms with Crippen molar-refractivity contribution in [3.05, 3.63) is 90.4 Å². The zero-order valence-corrected chi connectivity index (χ0v) is 16.0. The van der Waals surface area contributed by atoms with Crippen LogP contribution < -0.4 is 14.8 Å². The molecule has 1 N–H and O–H groups in total. The molecule has 4 aromatic rings. The van der Waals surface area contributed by atoms with Crippen LogP contribution in [0.1, 0.15) is 23.0 Å². The van der Waals surface area contributed by atoms with E-state index in [0.717, 1.165) is 17.1 Å². The molecule has 29 heavy (non-hydrogen) atoms. The number of imidazole rings is 1. The first kappa shape index (κ1) is 18.6. The van der Waals surface area contributed by atoms with Crippen LogP contribution in [0.5, 0.6) is 11.5 Å². The van der Waals surface area contributed by atoms with Gasteiger partial charge in [-0.1, -0.05) is 12.1 Å². The van der Waals surface area contributed by atoms with Crippen LogP contribution in [0.25, 0.3) is 5.65 Å². The van der Waals surface area contributed by atoms with Crippen molar-refractivity contribution in [3.63, 3.8) is 0 Å². The van der Waals surface area contributed by atoms with E-state index in [0.29, 0.717) is 30.2 Å². The number of pyridine rings is 1. The van der Waals surface area contributed by atoms with Gasteiger partial charge in [0, 0.05) is 23.6 Å². The lowest BCUT2D eigenvalue weighted by Gasteiger charge is -2.09. The molecule has 0 saturated heterocycles. The number of hydrogen-bond acceptors (Lipinski definition) is 4. The van der Waals surface area contributed by atoms with E-state index in [1.807, 2.05) is 72.2 Å². The summed E-state index contributed by atoms with van der Waals surface area (Å²) in [6.07, 6.45) is 3.87. The van der Waals surface area contributed by atoms with Crippen molar-refractivity contribution in [2.75, 3.05) is 11.9 Å². The van der Waals surface area contributed by atoms with Gasteiger partial charge in [-0.05, 0) is 61.5 Å². The highest BCUT2D eigenvalue weighted by molar-refractivity contribution is 6.04. The highest BCUT2D eigenvalue weighted by Gasteiger charge is 2.09. The summed E-state index contributed by atoms with van der Waals surface area (Å²) in [6, 6.07) is 20.2. The van der Waals surface area contributed by atoms with Crippen molar-refractivity contribution in [3.8, 4) is 11.5 Å². The monoisotopic (exact) mass is 387 g/mol. The maximum atomic E-state index is 12.6. The average molecular weight is 387 g/mol. The van der Waals surface area contributed by atoms with Gasteiger partial charge < -0.3 is 19.2 Å². The topological polar surface area (TPSA) is 64.9 Å². The molecule has 0 aliphatic carbocycles. The molecule has 0 saturated carbocycles. The summed E-state index contributed by atoms with van der Waals surface area (Å²) in [7, 11) is 0. The van der Waals surface area contributed by atoms with Gasteiger partial charge in [-0.15, -0.1) is 0 Å². The number of carbonyl (C=O) groups excluding carboxylic acids is 1. The number of rotatable bonds is 7. The number of anilines is 1. The second-order valence-corrected chi connectivity index (χ2v) is 6.43. The van der Waals surface area contributed by atoms with Gasteiger partial charge in [0.1, 0.15) is 23.8 Å². The Morgan fingerprint density at radius 3 is 2.66 bits per heavy atom. The number of hydrogen-bond donors (Lipinski definition) is 1. The summed E-state index contributed by atoms with van der Waals surface area (Å²) >= 11 is 0. The number of aromatic nitrogens is 2. The minimum Gasteiger partial charge on any atom is -0.494 e. The maximum absolute atomic E-state index is 12.6. The van der Waals surface area contributed by atoms with E-state index in [1.54, 1.807) is 18.2 Å². The summed E-state index contributed by atoms with van der Waals surface area (Å²) in [5, 5.41) is 2.88. The molecule has 0 spiro atoms. The number of amides is 1. The molecule has 146 valence electrons. The van der Waals surface area contributed by atoms with Crippen LogP contribution in [0, 0.1) is 0 Å². The van der Waals surface area contributed by atoms with E-state index in [4.69, 9.17) is 9.47 Å². The molecule has 0 aliphatic rings. The number of ether oxygens (including phenoxy) is 2. The fourth-order valence-electron chi connectivity index (χ4n) is 2.95. The Morgan fingerprint density at radius 1 is 1.00 bits per heavy atom. The average Bonchev–Trinajstić information content (AvgIpc) is 3.17. The standard InChI is InChI=1S/C23H21N3O3/c1-2-28-20-11-9-18(10-12-20)25-23(27)17-6-5-7-21(14-17)29-16-19-15-26-13-4-3-8-22(26)24-19/h3-15H,2,16H2,1H3,(H,25,27). The molecule has 0 radical (unpaired) electrons. The number of nitrogens with zero attached hydrogens (tertiary/aromatic N) is 2. The molecule has 0 atom stereocenters. The molecule has 0 bridgehead atoms. The molecule has 0 unspecified atom stereocenters. The fourth-order valence-corrected chi connectivity index (χ4v) is 2.95. The quantitative estimate of drug-likeness (QED) is 0.505. The van der Waals surface area contributed by atoms with E-state index in [1.165, 1.54) is 0 Å². The third-order valence-electron chi connectivity index (χ3n) is 4.32.